The van der Waals surface area contributed by atoms with Gasteiger partial charge in [-0.15, -0.1) is 0 Å². The maximum absolute atomic E-state index is 13.3. The molecule has 9 heteroatoms. The number of ether oxygens (including phenoxy) is 1. The van der Waals surface area contributed by atoms with Crippen LogP contribution in [0.25, 0.3) is 0 Å². The summed E-state index contributed by atoms with van der Waals surface area (Å²) in [4.78, 5) is 32.6. The highest BCUT2D eigenvalue weighted by molar-refractivity contribution is 8.16. The summed E-state index contributed by atoms with van der Waals surface area (Å²) in [7, 11) is 0. The van der Waals surface area contributed by atoms with Gasteiger partial charge < -0.3 is 14.9 Å². The summed E-state index contributed by atoms with van der Waals surface area (Å²) in [6, 6.07) is 12.0. The average molecular weight is 477 g/mol. The van der Waals surface area contributed by atoms with Crippen LogP contribution < -0.4 is 9.64 Å². The van der Waals surface area contributed by atoms with Crippen molar-refractivity contribution in [2.75, 3.05) is 24.7 Å². The van der Waals surface area contributed by atoms with Crippen LogP contribution in [-0.2, 0) is 4.79 Å². The summed E-state index contributed by atoms with van der Waals surface area (Å²) in [6.45, 7) is 3.89. The molecule has 1 aliphatic rings. The van der Waals surface area contributed by atoms with E-state index in [1.807, 2.05) is 38.1 Å². The molecule has 0 aliphatic carbocycles. The van der Waals surface area contributed by atoms with E-state index in [1.54, 1.807) is 0 Å². The second-order valence-electron chi connectivity index (χ2n) is 7.28. The third kappa shape index (κ3) is 5.32. The van der Waals surface area contributed by atoms with Gasteiger partial charge >= 0.3 is 0 Å². The molecule has 1 fully saturated rings. The lowest BCUT2D eigenvalue weighted by Gasteiger charge is -2.18. The van der Waals surface area contributed by atoms with Gasteiger partial charge in [0.05, 0.1) is 17.3 Å². The molecule has 1 heterocycles. The minimum absolute atomic E-state index is 0.136. The molecular weight excluding hydrogens is 452 g/mol. The number of thioether (sulfide) groups is 1. The summed E-state index contributed by atoms with van der Waals surface area (Å²) in [6.07, 6.45) is -0.214. The van der Waals surface area contributed by atoms with E-state index in [9.17, 15) is 14.7 Å². The molecule has 0 aromatic heterocycles. The van der Waals surface area contributed by atoms with Crippen molar-refractivity contribution in [3.05, 3.63) is 58.6 Å². The number of nitrogens with zero attached hydrogens (tertiary/aromatic N) is 2. The Hall–Kier alpha value is -2.39. The zero-order chi connectivity index (χ0) is 23.3. The summed E-state index contributed by atoms with van der Waals surface area (Å²) in [5.41, 5.74) is 1.89. The predicted molar refractivity (Wildman–Crippen MR) is 127 cm³/mol. The number of carbonyl (C=O) groups excluding carboxylic acids is 2. The molecular formula is C23H25ClN2O5S. The first kappa shape index (κ1) is 24.3. The fourth-order valence-electron chi connectivity index (χ4n) is 3.10. The number of para-hydroxylation sites is 1. The normalized spacial score (nSPS) is 18.3. The maximum atomic E-state index is 13.3. The lowest BCUT2D eigenvalue weighted by atomic mass is 10.1. The summed E-state index contributed by atoms with van der Waals surface area (Å²) in [5.74, 6) is -0.441. The van der Waals surface area contributed by atoms with E-state index in [-0.39, 0.29) is 34.6 Å². The summed E-state index contributed by atoms with van der Waals surface area (Å²) >= 11 is 7.38. The van der Waals surface area contributed by atoms with Gasteiger partial charge in [0, 0.05) is 12.1 Å². The monoisotopic (exact) mass is 476 g/mol. The number of amides is 1. The van der Waals surface area contributed by atoms with E-state index < -0.39 is 18.0 Å². The zero-order valence-electron chi connectivity index (χ0n) is 17.8. The number of rotatable bonds is 9. The smallest absolute Gasteiger partial charge is 0.254 e. The van der Waals surface area contributed by atoms with Crippen molar-refractivity contribution in [2.24, 2.45) is 4.99 Å². The summed E-state index contributed by atoms with van der Waals surface area (Å²) in [5, 5.41) is 18.0. The van der Waals surface area contributed by atoms with Gasteiger partial charge in [-0.25, -0.2) is 0 Å². The molecule has 32 heavy (non-hydrogen) atoms. The van der Waals surface area contributed by atoms with Crippen molar-refractivity contribution >= 4 is 45.9 Å². The fraction of sp³-hybridized carbons (Fsp3) is 0.348. The van der Waals surface area contributed by atoms with Gasteiger partial charge in [-0.2, -0.15) is 0 Å². The van der Waals surface area contributed by atoms with Gasteiger partial charge in [-0.05, 0) is 43.2 Å². The predicted octanol–water partition coefficient (Wildman–Crippen LogP) is 3.48. The number of aliphatic imine (C=N–C) groups is 1. The molecule has 0 bridgehead atoms. The van der Waals surface area contributed by atoms with Crippen molar-refractivity contribution in [2.45, 2.75) is 31.6 Å². The van der Waals surface area contributed by atoms with Crippen molar-refractivity contribution in [3.8, 4) is 5.75 Å². The Kier molecular flexibility index (Phi) is 8.31. The first-order valence-electron chi connectivity index (χ1n) is 10.2. The third-order valence-corrected chi connectivity index (χ3v) is 6.25. The quantitative estimate of drug-likeness (QED) is 0.424. The van der Waals surface area contributed by atoms with Gasteiger partial charge in [-0.3, -0.25) is 19.5 Å². The Morgan fingerprint density at radius 2 is 2.06 bits per heavy atom. The topological polar surface area (TPSA) is 99.4 Å². The Bertz CT molecular complexity index is 1030. The molecule has 0 saturated carbocycles. The molecule has 1 unspecified atom stereocenters. The van der Waals surface area contributed by atoms with Crippen molar-refractivity contribution < 1.29 is 24.5 Å². The maximum Gasteiger partial charge on any atom is 0.254 e. The lowest BCUT2D eigenvalue weighted by molar-refractivity contribution is -0.116. The molecule has 1 saturated heterocycles. The molecule has 3 rings (SSSR count). The van der Waals surface area contributed by atoms with Gasteiger partial charge in [0.15, 0.2) is 16.2 Å². The van der Waals surface area contributed by atoms with Crippen LogP contribution in [0.15, 0.2) is 47.5 Å². The number of aliphatic hydroxyl groups is 2. The molecule has 170 valence electrons. The van der Waals surface area contributed by atoms with Crippen LogP contribution in [0.3, 0.4) is 0 Å². The number of Topliss-reactive ketones (excluding diaryl/α,β-unsaturated/α-hetero) is 1. The Labute approximate surface area is 196 Å². The first-order chi connectivity index (χ1) is 15.4. The number of aliphatic hydroxyl groups excluding tert-OH is 2. The average Bonchev–Trinajstić information content (AvgIpc) is 3.12. The largest absolute Gasteiger partial charge is 0.489 e. The number of ketones is 1. The van der Waals surface area contributed by atoms with E-state index in [2.05, 4.69) is 4.99 Å². The minimum Gasteiger partial charge on any atom is -0.489 e. The van der Waals surface area contributed by atoms with Crippen LogP contribution in [0, 0.1) is 6.92 Å². The second kappa shape index (κ2) is 11.0. The Morgan fingerprint density at radius 3 is 2.72 bits per heavy atom. The summed E-state index contributed by atoms with van der Waals surface area (Å²) < 4.78 is 5.37. The van der Waals surface area contributed by atoms with E-state index in [1.165, 1.54) is 23.1 Å². The Balaban J connectivity index is 1.86. The van der Waals surface area contributed by atoms with Crippen LogP contribution in [-0.4, -0.2) is 58.2 Å². The van der Waals surface area contributed by atoms with Gasteiger partial charge in [-0.1, -0.05) is 48.5 Å². The highest BCUT2D eigenvalue weighted by atomic mass is 35.5. The standard InChI is InChI=1S/C23H25ClN2O5S/c1-3-10-25-23-26(18-7-5-4-6-14(18)2)22(30)21(32-23)20(29)15-8-9-19(17(24)11-15)31-13-16(28)12-27/h4-9,11,16,21,27-28H,3,10,12-13H2,1-2H3/b25-23-/t16-,21?/m1/s1. The van der Waals surface area contributed by atoms with Crippen LogP contribution >= 0.6 is 23.4 Å². The number of hydrogen-bond donors (Lipinski definition) is 2. The van der Waals surface area contributed by atoms with Crippen LogP contribution in [0.5, 0.6) is 5.75 Å². The van der Waals surface area contributed by atoms with Gasteiger partial charge in [0.1, 0.15) is 18.5 Å². The molecule has 0 radical (unpaired) electrons. The van der Waals surface area contributed by atoms with E-state index in [0.717, 1.165) is 23.7 Å². The van der Waals surface area contributed by atoms with Crippen LogP contribution in [0.4, 0.5) is 5.69 Å². The molecule has 7 nitrogen and oxygen atoms in total. The number of carbonyl (C=O) groups is 2. The number of hydrogen-bond acceptors (Lipinski definition) is 7. The number of halogens is 1. The number of amidine groups is 1. The van der Waals surface area contributed by atoms with Crippen molar-refractivity contribution in [1.29, 1.82) is 0 Å². The third-order valence-electron chi connectivity index (χ3n) is 4.78. The van der Waals surface area contributed by atoms with Crippen molar-refractivity contribution in [1.82, 2.24) is 0 Å². The highest BCUT2D eigenvalue weighted by Crippen LogP contribution is 2.36. The van der Waals surface area contributed by atoms with E-state index in [0.29, 0.717) is 17.4 Å². The Morgan fingerprint density at radius 1 is 1.31 bits per heavy atom. The first-order valence-corrected chi connectivity index (χ1v) is 11.5. The van der Waals surface area contributed by atoms with Crippen LogP contribution in [0.2, 0.25) is 5.02 Å². The fourth-order valence-corrected chi connectivity index (χ4v) is 4.45. The van der Waals surface area contributed by atoms with Gasteiger partial charge in [0.25, 0.3) is 5.91 Å². The molecule has 1 amide bonds. The molecule has 1 aliphatic heterocycles. The zero-order valence-corrected chi connectivity index (χ0v) is 19.4. The van der Waals surface area contributed by atoms with Crippen molar-refractivity contribution in [3.63, 3.8) is 0 Å². The van der Waals surface area contributed by atoms with E-state index in [4.69, 9.17) is 21.4 Å². The molecule has 2 aromatic carbocycles. The molecule has 2 aromatic rings. The number of benzene rings is 2. The molecule has 0 spiro atoms. The number of aryl methyl sites for hydroxylation is 1. The minimum atomic E-state index is -1.03. The molecule has 2 atom stereocenters. The molecule has 2 N–H and O–H groups in total. The second-order valence-corrected chi connectivity index (χ2v) is 8.76. The number of anilines is 1. The van der Waals surface area contributed by atoms with Crippen LogP contribution in [0.1, 0.15) is 29.3 Å². The van der Waals surface area contributed by atoms with Gasteiger partial charge in [0.2, 0.25) is 0 Å². The SMILES string of the molecule is CCC/N=C1\SC(C(=O)c2ccc(OC[C@H](O)CO)c(Cl)c2)C(=O)N1c1ccccc1C. The highest BCUT2D eigenvalue weighted by Gasteiger charge is 2.44. The lowest BCUT2D eigenvalue weighted by Crippen LogP contribution is -2.35. The van der Waals surface area contributed by atoms with E-state index >= 15 is 0 Å².